The van der Waals surface area contributed by atoms with Crippen molar-refractivity contribution >= 4 is 15.8 Å². The predicted molar refractivity (Wildman–Crippen MR) is 78.7 cm³/mol. The predicted octanol–water partition coefficient (Wildman–Crippen LogP) is 2.39. The van der Waals surface area contributed by atoms with Crippen molar-refractivity contribution in [3.8, 4) is 0 Å². The molecule has 5 nitrogen and oxygen atoms in total. The van der Waals surface area contributed by atoms with Gasteiger partial charge in [-0.05, 0) is 24.3 Å². The number of carbonyl (C=O) groups is 1. The molecule has 6 heteroatoms. The summed E-state index contributed by atoms with van der Waals surface area (Å²) in [6, 6.07) is 9.61. The van der Waals surface area contributed by atoms with Gasteiger partial charge in [0.25, 0.3) is 0 Å². The van der Waals surface area contributed by atoms with E-state index in [1.807, 2.05) is 0 Å². The van der Waals surface area contributed by atoms with Gasteiger partial charge in [0.2, 0.25) is 10.0 Å². The Morgan fingerprint density at radius 3 is 2.71 bits per heavy atom. The molecular formula is C15H17NO4S. The lowest BCUT2D eigenvalue weighted by molar-refractivity contribution is 0.0988. The Morgan fingerprint density at radius 1 is 1.24 bits per heavy atom. The van der Waals surface area contributed by atoms with Gasteiger partial charge in [-0.1, -0.05) is 19.1 Å². The van der Waals surface area contributed by atoms with Crippen LogP contribution in [0.1, 0.15) is 29.5 Å². The first-order valence-electron chi connectivity index (χ1n) is 6.68. The van der Waals surface area contributed by atoms with E-state index in [1.54, 1.807) is 37.5 Å². The summed E-state index contributed by atoms with van der Waals surface area (Å²) in [6.07, 6.45) is 2.36. The Balaban J connectivity index is 2.06. The minimum atomic E-state index is -3.62. The van der Waals surface area contributed by atoms with Crippen LogP contribution in [0.3, 0.4) is 0 Å². The van der Waals surface area contributed by atoms with Crippen LogP contribution in [0.4, 0.5) is 0 Å². The summed E-state index contributed by atoms with van der Waals surface area (Å²) >= 11 is 0. The number of nitrogens with one attached hydrogen (secondary N) is 1. The SMILES string of the molecule is CCC(=O)c1cccc(S(=O)(=O)NCCc2ccco2)c1. The second kappa shape index (κ2) is 6.69. The first-order valence-corrected chi connectivity index (χ1v) is 8.16. The number of rotatable bonds is 7. The van der Waals surface area contributed by atoms with E-state index in [4.69, 9.17) is 4.42 Å². The van der Waals surface area contributed by atoms with E-state index in [-0.39, 0.29) is 17.2 Å². The summed E-state index contributed by atoms with van der Waals surface area (Å²) < 4.78 is 32.0. The Hall–Kier alpha value is -1.92. The highest BCUT2D eigenvalue weighted by atomic mass is 32.2. The van der Waals surface area contributed by atoms with Crippen LogP contribution < -0.4 is 4.72 Å². The first kappa shape index (κ1) is 15.5. The molecule has 0 unspecified atom stereocenters. The lowest BCUT2D eigenvalue weighted by Crippen LogP contribution is -2.26. The monoisotopic (exact) mass is 307 g/mol. The van der Waals surface area contributed by atoms with Crippen LogP contribution in [0, 0.1) is 0 Å². The van der Waals surface area contributed by atoms with Gasteiger partial charge >= 0.3 is 0 Å². The molecule has 1 N–H and O–H groups in total. The lowest BCUT2D eigenvalue weighted by atomic mass is 10.1. The highest BCUT2D eigenvalue weighted by molar-refractivity contribution is 7.89. The van der Waals surface area contributed by atoms with Gasteiger partial charge in [0.1, 0.15) is 5.76 Å². The van der Waals surface area contributed by atoms with Crippen LogP contribution in [0.15, 0.2) is 52.0 Å². The van der Waals surface area contributed by atoms with Crippen molar-refractivity contribution in [3.05, 3.63) is 54.0 Å². The summed E-state index contributed by atoms with van der Waals surface area (Å²) in [4.78, 5) is 11.7. The fraction of sp³-hybridized carbons (Fsp3) is 0.267. The van der Waals surface area contributed by atoms with Gasteiger partial charge in [-0.15, -0.1) is 0 Å². The summed E-state index contributed by atoms with van der Waals surface area (Å²) in [7, 11) is -3.62. The van der Waals surface area contributed by atoms with Crippen molar-refractivity contribution in [2.45, 2.75) is 24.7 Å². The third kappa shape index (κ3) is 4.03. The van der Waals surface area contributed by atoms with Gasteiger partial charge in [0.05, 0.1) is 11.2 Å². The van der Waals surface area contributed by atoms with Crippen molar-refractivity contribution in [1.29, 1.82) is 0 Å². The van der Waals surface area contributed by atoms with Crippen LogP contribution in [-0.2, 0) is 16.4 Å². The Morgan fingerprint density at radius 2 is 2.05 bits per heavy atom. The Kier molecular flexibility index (Phi) is 4.93. The normalized spacial score (nSPS) is 11.5. The molecule has 21 heavy (non-hydrogen) atoms. The molecule has 0 saturated heterocycles. The highest BCUT2D eigenvalue weighted by Crippen LogP contribution is 2.13. The standard InChI is InChI=1S/C15H17NO4S/c1-2-15(17)12-5-3-7-14(11-12)21(18,19)16-9-8-13-6-4-10-20-13/h3-7,10-11,16H,2,8-9H2,1H3. The molecule has 0 spiro atoms. The van der Waals surface area contributed by atoms with Crippen LogP contribution in [-0.4, -0.2) is 20.7 Å². The minimum Gasteiger partial charge on any atom is -0.469 e. The molecule has 0 saturated carbocycles. The fourth-order valence-electron chi connectivity index (χ4n) is 1.89. The van der Waals surface area contributed by atoms with Crippen molar-refractivity contribution in [1.82, 2.24) is 4.72 Å². The average molecular weight is 307 g/mol. The molecule has 0 aliphatic carbocycles. The fourth-order valence-corrected chi connectivity index (χ4v) is 2.96. The maximum absolute atomic E-state index is 12.2. The molecule has 1 aromatic heterocycles. The smallest absolute Gasteiger partial charge is 0.240 e. The largest absolute Gasteiger partial charge is 0.469 e. The third-order valence-corrected chi connectivity index (χ3v) is 4.49. The molecule has 0 bridgehead atoms. The number of furan rings is 1. The van der Waals surface area contributed by atoms with Crippen molar-refractivity contribution in [2.75, 3.05) is 6.54 Å². The molecule has 0 amide bonds. The van der Waals surface area contributed by atoms with E-state index in [0.717, 1.165) is 0 Å². The van der Waals surface area contributed by atoms with E-state index in [2.05, 4.69) is 4.72 Å². The molecule has 0 aliphatic heterocycles. The second-order valence-electron chi connectivity index (χ2n) is 4.53. The lowest BCUT2D eigenvalue weighted by Gasteiger charge is -2.07. The number of sulfonamides is 1. The Labute approximate surface area is 124 Å². The maximum atomic E-state index is 12.2. The first-order chi connectivity index (χ1) is 10.0. The molecule has 0 fully saturated rings. The number of benzene rings is 1. The molecule has 1 aromatic carbocycles. The Bertz CT molecular complexity index is 705. The topological polar surface area (TPSA) is 76.4 Å². The molecule has 0 atom stereocenters. The zero-order chi connectivity index (χ0) is 15.3. The summed E-state index contributed by atoms with van der Waals surface area (Å²) in [5.74, 6) is 0.634. The number of carbonyl (C=O) groups excluding carboxylic acids is 1. The van der Waals surface area contributed by atoms with Crippen LogP contribution in [0.5, 0.6) is 0 Å². The zero-order valence-corrected chi connectivity index (χ0v) is 12.5. The quantitative estimate of drug-likeness (QED) is 0.797. The third-order valence-electron chi connectivity index (χ3n) is 3.03. The van der Waals surface area contributed by atoms with E-state index in [0.29, 0.717) is 24.2 Å². The van der Waals surface area contributed by atoms with Gasteiger partial charge in [-0.2, -0.15) is 0 Å². The molecule has 2 aromatic rings. The summed E-state index contributed by atoms with van der Waals surface area (Å²) in [5, 5.41) is 0. The zero-order valence-electron chi connectivity index (χ0n) is 11.7. The van der Waals surface area contributed by atoms with E-state index in [1.165, 1.54) is 12.1 Å². The van der Waals surface area contributed by atoms with Gasteiger partial charge in [-0.25, -0.2) is 13.1 Å². The number of Topliss-reactive ketones (excluding diaryl/α,β-unsaturated/α-hetero) is 1. The molecule has 1 heterocycles. The minimum absolute atomic E-state index is 0.0809. The van der Waals surface area contributed by atoms with Crippen molar-refractivity contribution < 1.29 is 17.6 Å². The van der Waals surface area contributed by atoms with Crippen LogP contribution in [0.25, 0.3) is 0 Å². The molecule has 112 valence electrons. The molecule has 0 radical (unpaired) electrons. The second-order valence-corrected chi connectivity index (χ2v) is 6.30. The van der Waals surface area contributed by atoms with Crippen molar-refractivity contribution in [2.24, 2.45) is 0 Å². The summed E-state index contributed by atoms with van der Waals surface area (Å²) in [6.45, 7) is 1.98. The van der Waals surface area contributed by atoms with E-state index in [9.17, 15) is 13.2 Å². The number of hydrogen-bond acceptors (Lipinski definition) is 4. The van der Waals surface area contributed by atoms with Crippen LogP contribution in [0.2, 0.25) is 0 Å². The van der Waals surface area contributed by atoms with Gasteiger partial charge in [0.15, 0.2) is 5.78 Å². The van der Waals surface area contributed by atoms with E-state index >= 15 is 0 Å². The molecular weight excluding hydrogens is 290 g/mol. The number of hydrogen-bond donors (Lipinski definition) is 1. The highest BCUT2D eigenvalue weighted by Gasteiger charge is 2.15. The van der Waals surface area contributed by atoms with Crippen LogP contribution >= 0.6 is 0 Å². The molecule has 0 aliphatic rings. The van der Waals surface area contributed by atoms with Gasteiger partial charge < -0.3 is 4.42 Å². The van der Waals surface area contributed by atoms with Gasteiger partial charge in [0, 0.05) is 24.9 Å². The number of ketones is 1. The van der Waals surface area contributed by atoms with E-state index < -0.39 is 10.0 Å². The van der Waals surface area contributed by atoms with Crippen molar-refractivity contribution in [3.63, 3.8) is 0 Å². The maximum Gasteiger partial charge on any atom is 0.240 e. The molecule has 2 rings (SSSR count). The van der Waals surface area contributed by atoms with Gasteiger partial charge in [-0.3, -0.25) is 4.79 Å². The average Bonchev–Trinajstić information content (AvgIpc) is 2.99. The summed E-state index contributed by atoms with van der Waals surface area (Å²) in [5.41, 5.74) is 0.409.